The van der Waals surface area contributed by atoms with Crippen LogP contribution in [0.4, 0.5) is 0 Å². The van der Waals surface area contributed by atoms with Gasteiger partial charge in [-0.15, -0.1) is 0 Å². The Morgan fingerprint density at radius 3 is 2.70 bits per heavy atom. The summed E-state index contributed by atoms with van der Waals surface area (Å²) >= 11 is 0. The quantitative estimate of drug-likeness (QED) is 0.889. The summed E-state index contributed by atoms with van der Waals surface area (Å²) in [5.41, 5.74) is 1.46. The average Bonchev–Trinajstić information content (AvgIpc) is 2.93. The van der Waals surface area contributed by atoms with E-state index in [1.165, 1.54) is 0 Å². The monoisotopic (exact) mass is 278 g/mol. The number of amides is 2. The van der Waals surface area contributed by atoms with Crippen LogP contribution in [0.2, 0.25) is 0 Å². The Labute approximate surface area is 119 Å². The maximum atomic E-state index is 12.2. The Kier molecular flexibility index (Phi) is 4.11. The van der Waals surface area contributed by atoms with Gasteiger partial charge in [-0.3, -0.25) is 14.3 Å². The van der Waals surface area contributed by atoms with Gasteiger partial charge in [0.2, 0.25) is 5.91 Å². The maximum Gasteiger partial charge on any atom is 0.269 e. The fourth-order valence-corrected chi connectivity index (χ4v) is 2.39. The van der Waals surface area contributed by atoms with Gasteiger partial charge < -0.3 is 10.2 Å². The molecule has 1 aliphatic rings. The van der Waals surface area contributed by atoms with Gasteiger partial charge in [0.25, 0.3) is 5.91 Å². The zero-order chi connectivity index (χ0) is 14.9. The van der Waals surface area contributed by atoms with Crippen molar-refractivity contribution in [3.05, 3.63) is 17.5 Å². The van der Waals surface area contributed by atoms with Crippen LogP contribution in [-0.2, 0) is 11.8 Å². The SMILES string of the molecule is CC(C)c1cc(C(=O)NCC2CCC(=O)N2C)n(C)n1. The Bertz CT molecular complexity index is 521. The molecule has 20 heavy (non-hydrogen) atoms. The van der Waals surface area contributed by atoms with E-state index in [9.17, 15) is 9.59 Å². The smallest absolute Gasteiger partial charge is 0.269 e. The number of rotatable bonds is 4. The molecule has 1 N–H and O–H groups in total. The van der Waals surface area contributed by atoms with Crippen LogP contribution >= 0.6 is 0 Å². The van der Waals surface area contributed by atoms with E-state index in [0.717, 1.165) is 12.1 Å². The van der Waals surface area contributed by atoms with Crippen molar-refractivity contribution >= 4 is 11.8 Å². The van der Waals surface area contributed by atoms with E-state index in [4.69, 9.17) is 0 Å². The highest BCUT2D eigenvalue weighted by Crippen LogP contribution is 2.16. The minimum Gasteiger partial charge on any atom is -0.349 e. The molecule has 110 valence electrons. The minimum atomic E-state index is -0.139. The molecule has 0 spiro atoms. The van der Waals surface area contributed by atoms with Crippen molar-refractivity contribution in [1.29, 1.82) is 0 Å². The van der Waals surface area contributed by atoms with Crippen LogP contribution in [0.1, 0.15) is 48.8 Å². The summed E-state index contributed by atoms with van der Waals surface area (Å²) in [6.07, 6.45) is 1.37. The number of aromatic nitrogens is 2. The molecule has 0 aromatic carbocycles. The molecular formula is C14H22N4O2. The van der Waals surface area contributed by atoms with Crippen LogP contribution in [0.25, 0.3) is 0 Å². The number of likely N-dealkylation sites (N-methyl/N-ethyl adjacent to an activating group) is 1. The van der Waals surface area contributed by atoms with Gasteiger partial charge in [0.15, 0.2) is 0 Å². The third-order valence-electron chi connectivity index (χ3n) is 3.85. The largest absolute Gasteiger partial charge is 0.349 e. The molecule has 0 bridgehead atoms. The van der Waals surface area contributed by atoms with Gasteiger partial charge in [0, 0.05) is 33.1 Å². The lowest BCUT2D eigenvalue weighted by molar-refractivity contribution is -0.127. The molecule has 1 fully saturated rings. The van der Waals surface area contributed by atoms with Gasteiger partial charge in [-0.25, -0.2) is 0 Å². The standard InChI is InChI=1S/C14H22N4O2/c1-9(2)11-7-12(18(4)16-11)14(20)15-8-10-5-6-13(19)17(10)3/h7,9-10H,5-6,8H2,1-4H3,(H,15,20). The summed E-state index contributed by atoms with van der Waals surface area (Å²) in [7, 11) is 3.55. The number of hydrogen-bond donors (Lipinski definition) is 1. The third kappa shape index (κ3) is 2.84. The summed E-state index contributed by atoms with van der Waals surface area (Å²) < 4.78 is 1.61. The van der Waals surface area contributed by atoms with E-state index in [1.54, 1.807) is 23.7 Å². The van der Waals surface area contributed by atoms with Gasteiger partial charge in [-0.1, -0.05) is 13.8 Å². The molecule has 1 aromatic rings. The van der Waals surface area contributed by atoms with Crippen molar-refractivity contribution in [2.24, 2.45) is 7.05 Å². The first-order valence-electron chi connectivity index (χ1n) is 6.98. The van der Waals surface area contributed by atoms with Crippen molar-refractivity contribution in [2.75, 3.05) is 13.6 Å². The molecule has 0 radical (unpaired) electrons. The van der Waals surface area contributed by atoms with E-state index in [0.29, 0.717) is 24.6 Å². The highest BCUT2D eigenvalue weighted by molar-refractivity contribution is 5.92. The Hall–Kier alpha value is -1.85. The highest BCUT2D eigenvalue weighted by atomic mass is 16.2. The third-order valence-corrected chi connectivity index (χ3v) is 3.85. The van der Waals surface area contributed by atoms with Crippen LogP contribution < -0.4 is 5.32 Å². The molecule has 2 rings (SSSR count). The first-order chi connectivity index (χ1) is 9.40. The van der Waals surface area contributed by atoms with E-state index < -0.39 is 0 Å². The Morgan fingerprint density at radius 1 is 1.50 bits per heavy atom. The molecule has 0 saturated carbocycles. The summed E-state index contributed by atoms with van der Waals surface area (Å²) in [6, 6.07) is 1.92. The van der Waals surface area contributed by atoms with Gasteiger partial charge in [-0.05, 0) is 18.4 Å². The molecule has 2 heterocycles. The predicted molar refractivity (Wildman–Crippen MR) is 75.4 cm³/mol. The molecule has 6 nitrogen and oxygen atoms in total. The first kappa shape index (κ1) is 14.6. The number of carbonyl (C=O) groups is 2. The number of hydrogen-bond acceptors (Lipinski definition) is 3. The van der Waals surface area contributed by atoms with Crippen molar-refractivity contribution in [2.45, 2.75) is 38.6 Å². The summed E-state index contributed by atoms with van der Waals surface area (Å²) in [4.78, 5) is 25.3. The Balaban J connectivity index is 1.97. The van der Waals surface area contributed by atoms with Gasteiger partial charge >= 0.3 is 0 Å². The second-order valence-corrected chi connectivity index (χ2v) is 5.64. The molecule has 1 unspecified atom stereocenters. The van der Waals surface area contributed by atoms with Gasteiger partial charge in [0.05, 0.1) is 5.69 Å². The first-order valence-corrected chi connectivity index (χ1v) is 6.98. The van der Waals surface area contributed by atoms with E-state index in [-0.39, 0.29) is 17.9 Å². The molecule has 1 atom stereocenters. The van der Waals surface area contributed by atoms with Gasteiger partial charge in [0.1, 0.15) is 5.69 Å². The summed E-state index contributed by atoms with van der Waals surface area (Å²) in [6.45, 7) is 4.58. The normalized spacial score (nSPS) is 18.9. The predicted octanol–water partition coefficient (Wildman–Crippen LogP) is 0.894. The number of carbonyl (C=O) groups excluding carboxylic acids is 2. The average molecular weight is 278 g/mol. The molecule has 1 aromatic heterocycles. The second-order valence-electron chi connectivity index (χ2n) is 5.64. The van der Waals surface area contributed by atoms with Crippen molar-refractivity contribution in [3.8, 4) is 0 Å². The Morgan fingerprint density at radius 2 is 2.20 bits per heavy atom. The lowest BCUT2D eigenvalue weighted by Crippen LogP contribution is -2.40. The molecule has 1 saturated heterocycles. The van der Waals surface area contributed by atoms with Crippen molar-refractivity contribution in [3.63, 3.8) is 0 Å². The fraction of sp³-hybridized carbons (Fsp3) is 0.643. The number of aryl methyl sites for hydroxylation is 1. The minimum absolute atomic E-state index is 0.101. The van der Waals surface area contributed by atoms with E-state index in [2.05, 4.69) is 10.4 Å². The molecule has 2 amide bonds. The van der Waals surface area contributed by atoms with E-state index >= 15 is 0 Å². The van der Waals surface area contributed by atoms with Crippen molar-refractivity contribution < 1.29 is 9.59 Å². The highest BCUT2D eigenvalue weighted by Gasteiger charge is 2.28. The number of nitrogens with zero attached hydrogens (tertiary/aromatic N) is 3. The topological polar surface area (TPSA) is 67.2 Å². The number of likely N-dealkylation sites (tertiary alicyclic amines) is 1. The number of nitrogens with one attached hydrogen (secondary N) is 1. The molecule has 6 heteroatoms. The van der Waals surface area contributed by atoms with E-state index in [1.807, 2.05) is 19.9 Å². The molecule has 1 aliphatic heterocycles. The molecule has 0 aliphatic carbocycles. The zero-order valence-corrected chi connectivity index (χ0v) is 12.5. The fourth-order valence-electron chi connectivity index (χ4n) is 2.39. The zero-order valence-electron chi connectivity index (χ0n) is 12.5. The van der Waals surface area contributed by atoms with Crippen LogP contribution in [0.3, 0.4) is 0 Å². The molecular weight excluding hydrogens is 256 g/mol. The van der Waals surface area contributed by atoms with Crippen molar-refractivity contribution in [1.82, 2.24) is 20.0 Å². The van der Waals surface area contributed by atoms with Crippen LogP contribution in [0, 0.1) is 0 Å². The van der Waals surface area contributed by atoms with Crippen LogP contribution in [0.15, 0.2) is 6.07 Å². The van der Waals surface area contributed by atoms with Crippen LogP contribution in [0.5, 0.6) is 0 Å². The van der Waals surface area contributed by atoms with Gasteiger partial charge in [-0.2, -0.15) is 5.10 Å². The summed E-state index contributed by atoms with van der Waals surface area (Å²) in [5, 5.41) is 7.22. The lowest BCUT2D eigenvalue weighted by Gasteiger charge is -2.20. The second kappa shape index (κ2) is 5.64. The van der Waals surface area contributed by atoms with Crippen LogP contribution in [-0.4, -0.2) is 46.1 Å². The summed E-state index contributed by atoms with van der Waals surface area (Å²) in [5.74, 6) is 0.299. The maximum absolute atomic E-state index is 12.2. The lowest BCUT2D eigenvalue weighted by atomic mass is 10.1.